The van der Waals surface area contributed by atoms with Gasteiger partial charge in [0.05, 0.1) is 18.1 Å². The van der Waals surface area contributed by atoms with Crippen molar-refractivity contribution in [3.05, 3.63) is 21.9 Å². The van der Waals surface area contributed by atoms with Gasteiger partial charge < -0.3 is 10.4 Å². The third kappa shape index (κ3) is 4.56. The van der Waals surface area contributed by atoms with Gasteiger partial charge in [-0.2, -0.15) is 0 Å². The number of aliphatic hydroxyl groups is 1. The number of sulfone groups is 1. The van der Waals surface area contributed by atoms with Crippen LogP contribution in [0.1, 0.15) is 34.5 Å². The summed E-state index contributed by atoms with van der Waals surface area (Å²) in [6.45, 7) is -0.0153. The molecule has 0 aromatic carbocycles. The standard InChI is InChI=1S/C14H17NO4S2/c16-7-2-1-4-11-6-8-20-13(11)14(17)15-12-5-3-9-21(18,19)10-12/h6,8,12,16H,2-3,5,7,9-10H2,(H,15,17). The van der Waals surface area contributed by atoms with Crippen LogP contribution >= 0.6 is 11.3 Å². The highest BCUT2D eigenvalue weighted by Gasteiger charge is 2.26. The van der Waals surface area contributed by atoms with Crippen LogP contribution < -0.4 is 5.32 Å². The summed E-state index contributed by atoms with van der Waals surface area (Å²) in [4.78, 5) is 12.7. The van der Waals surface area contributed by atoms with Crippen LogP contribution in [0, 0.1) is 11.8 Å². The molecule has 1 aliphatic rings. The van der Waals surface area contributed by atoms with E-state index in [0.29, 0.717) is 29.7 Å². The maximum absolute atomic E-state index is 12.2. The third-order valence-electron chi connectivity index (χ3n) is 3.13. The molecule has 0 aliphatic carbocycles. The van der Waals surface area contributed by atoms with E-state index in [2.05, 4.69) is 17.2 Å². The number of hydrogen-bond donors (Lipinski definition) is 2. The normalized spacial score (nSPS) is 20.3. The maximum Gasteiger partial charge on any atom is 0.262 e. The van der Waals surface area contributed by atoms with Gasteiger partial charge in [0.15, 0.2) is 9.84 Å². The molecule has 2 heterocycles. The highest BCUT2D eigenvalue weighted by Crippen LogP contribution is 2.18. The lowest BCUT2D eigenvalue weighted by Crippen LogP contribution is -2.43. The SMILES string of the molecule is O=C(NC1CCCS(=O)(=O)C1)c1sccc1C#CCCO. The fourth-order valence-electron chi connectivity index (χ4n) is 2.18. The number of hydrogen-bond acceptors (Lipinski definition) is 5. The molecule has 5 nitrogen and oxygen atoms in total. The molecule has 0 spiro atoms. The van der Waals surface area contributed by atoms with E-state index in [1.807, 2.05) is 0 Å². The fraction of sp³-hybridized carbons (Fsp3) is 0.500. The Morgan fingerprint density at radius 2 is 2.33 bits per heavy atom. The summed E-state index contributed by atoms with van der Waals surface area (Å²) < 4.78 is 23.2. The lowest BCUT2D eigenvalue weighted by Gasteiger charge is -2.22. The predicted octanol–water partition coefficient (Wildman–Crippen LogP) is 0.789. The Morgan fingerprint density at radius 1 is 1.52 bits per heavy atom. The van der Waals surface area contributed by atoms with E-state index < -0.39 is 9.84 Å². The number of nitrogens with one attached hydrogen (secondary N) is 1. The Bertz CT molecular complexity index is 667. The summed E-state index contributed by atoms with van der Waals surface area (Å²) in [7, 11) is -3.04. The number of carbonyl (C=O) groups is 1. The van der Waals surface area contributed by atoms with E-state index in [4.69, 9.17) is 5.11 Å². The first-order chi connectivity index (χ1) is 10.0. The first-order valence-corrected chi connectivity index (χ1v) is 9.40. The van der Waals surface area contributed by atoms with Crippen LogP contribution in [0.4, 0.5) is 0 Å². The number of aliphatic hydroxyl groups excluding tert-OH is 1. The van der Waals surface area contributed by atoms with Crippen LogP contribution in [0.5, 0.6) is 0 Å². The first kappa shape index (κ1) is 16.0. The van der Waals surface area contributed by atoms with Crippen LogP contribution in [0.3, 0.4) is 0 Å². The van der Waals surface area contributed by atoms with Crippen molar-refractivity contribution in [2.45, 2.75) is 25.3 Å². The minimum atomic E-state index is -3.04. The van der Waals surface area contributed by atoms with Crippen LogP contribution in [0.15, 0.2) is 11.4 Å². The molecule has 21 heavy (non-hydrogen) atoms. The van der Waals surface area contributed by atoms with Crippen molar-refractivity contribution < 1.29 is 18.3 Å². The Morgan fingerprint density at radius 3 is 3.05 bits per heavy atom. The van der Waals surface area contributed by atoms with Gasteiger partial charge in [-0.1, -0.05) is 11.8 Å². The monoisotopic (exact) mass is 327 g/mol. The molecule has 1 saturated heterocycles. The molecular formula is C14H17NO4S2. The van der Waals surface area contributed by atoms with E-state index in [0.717, 1.165) is 0 Å². The van der Waals surface area contributed by atoms with Crippen molar-refractivity contribution in [1.29, 1.82) is 0 Å². The summed E-state index contributed by atoms with van der Waals surface area (Å²) in [6, 6.07) is 1.43. The molecule has 0 radical (unpaired) electrons. The molecule has 1 amide bonds. The van der Waals surface area contributed by atoms with Gasteiger partial charge in [-0.05, 0) is 24.3 Å². The third-order valence-corrected chi connectivity index (χ3v) is 5.86. The Kier molecular flexibility index (Phi) is 5.39. The Hall–Kier alpha value is -1.36. The van der Waals surface area contributed by atoms with E-state index >= 15 is 0 Å². The molecule has 2 rings (SSSR count). The molecule has 7 heteroatoms. The summed E-state index contributed by atoms with van der Waals surface area (Å²) in [6.07, 6.45) is 1.63. The molecule has 1 aliphatic heterocycles. The van der Waals surface area contributed by atoms with E-state index in [-0.39, 0.29) is 30.1 Å². The molecule has 1 aromatic rings. The van der Waals surface area contributed by atoms with Crippen molar-refractivity contribution in [2.75, 3.05) is 18.1 Å². The molecule has 1 fully saturated rings. The molecule has 0 saturated carbocycles. The van der Waals surface area contributed by atoms with Crippen LogP contribution in [0.2, 0.25) is 0 Å². The first-order valence-electron chi connectivity index (χ1n) is 6.70. The average Bonchev–Trinajstić information content (AvgIpc) is 2.86. The molecule has 0 bridgehead atoms. The second-order valence-electron chi connectivity index (χ2n) is 4.87. The molecule has 2 N–H and O–H groups in total. The number of carbonyl (C=O) groups excluding carboxylic acids is 1. The Labute approximate surface area is 128 Å². The van der Waals surface area contributed by atoms with Crippen LogP contribution in [-0.4, -0.2) is 43.6 Å². The average molecular weight is 327 g/mol. The van der Waals surface area contributed by atoms with E-state index in [1.54, 1.807) is 11.4 Å². The zero-order valence-electron chi connectivity index (χ0n) is 11.5. The van der Waals surface area contributed by atoms with Crippen molar-refractivity contribution in [3.63, 3.8) is 0 Å². The highest BCUT2D eigenvalue weighted by molar-refractivity contribution is 7.91. The van der Waals surface area contributed by atoms with Crippen molar-refractivity contribution >= 4 is 27.1 Å². The Balaban J connectivity index is 2.04. The summed E-state index contributed by atoms with van der Waals surface area (Å²) in [5.74, 6) is 5.57. The summed E-state index contributed by atoms with van der Waals surface area (Å²) in [5, 5.41) is 13.3. The van der Waals surface area contributed by atoms with Gasteiger partial charge >= 0.3 is 0 Å². The minimum absolute atomic E-state index is 0.00956. The molecular weight excluding hydrogens is 310 g/mol. The van der Waals surface area contributed by atoms with Gasteiger partial charge in [0.2, 0.25) is 0 Å². The van der Waals surface area contributed by atoms with Crippen molar-refractivity contribution in [1.82, 2.24) is 5.32 Å². The van der Waals surface area contributed by atoms with E-state index in [1.165, 1.54) is 11.3 Å². The quantitative estimate of drug-likeness (QED) is 0.804. The molecule has 1 aromatic heterocycles. The second-order valence-corrected chi connectivity index (χ2v) is 8.01. The predicted molar refractivity (Wildman–Crippen MR) is 82.0 cm³/mol. The van der Waals surface area contributed by atoms with Gasteiger partial charge in [-0.25, -0.2) is 8.42 Å². The smallest absolute Gasteiger partial charge is 0.262 e. The molecule has 1 atom stereocenters. The molecule has 114 valence electrons. The van der Waals surface area contributed by atoms with Gasteiger partial charge in [0.25, 0.3) is 5.91 Å². The number of thiophene rings is 1. The van der Waals surface area contributed by atoms with Crippen LogP contribution in [-0.2, 0) is 9.84 Å². The van der Waals surface area contributed by atoms with Crippen molar-refractivity contribution in [2.24, 2.45) is 0 Å². The minimum Gasteiger partial charge on any atom is -0.395 e. The zero-order chi connectivity index (χ0) is 15.3. The van der Waals surface area contributed by atoms with Gasteiger partial charge in [-0.3, -0.25) is 4.79 Å². The molecule has 1 unspecified atom stereocenters. The topological polar surface area (TPSA) is 83.5 Å². The van der Waals surface area contributed by atoms with Crippen LogP contribution in [0.25, 0.3) is 0 Å². The summed E-state index contributed by atoms with van der Waals surface area (Å²) >= 11 is 1.28. The van der Waals surface area contributed by atoms with Crippen molar-refractivity contribution in [3.8, 4) is 11.8 Å². The summed E-state index contributed by atoms with van der Waals surface area (Å²) in [5.41, 5.74) is 0.615. The zero-order valence-corrected chi connectivity index (χ0v) is 13.1. The number of rotatable bonds is 3. The van der Waals surface area contributed by atoms with Gasteiger partial charge in [0.1, 0.15) is 4.88 Å². The maximum atomic E-state index is 12.2. The second kappa shape index (κ2) is 7.07. The van der Waals surface area contributed by atoms with E-state index in [9.17, 15) is 13.2 Å². The lowest BCUT2D eigenvalue weighted by molar-refractivity contribution is 0.0942. The fourth-order valence-corrected chi connectivity index (χ4v) is 4.57. The van der Waals surface area contributed by atoms with Gasteiger partial charge in [-0.15, -0.1) is 11.3 Å². The number of amides is 1. The highest BCUT2D eigenvalue weighted by atomic mass is 32.2. The van der Waals surface area contributed by atoms with Gasteiger partial charge in [0, 0.05) is 18.0 Å². The largest absolute Gasteiger partial charge is 0.395 e. The lowest BCUT2D eigenvalue weighted by atomic mass is 10.1.